The number of pyridine rings is 1. The molecular weight excluding hydrogens is 685 g/mol. The van der Waals surface area contributed by atoms with Gasteiger partial charge in [-0.3, -0.25) is 14.8 Å². The van der Waals surface area contributed by atoms with E-state index in [0.717, 1.165) is 95.3 Å². The lowest BCUT2D eigenvalue weighted by atomic mass is 9.93. The monoisotopic (exact) mass is 738 g/mol. The summed E-state index contributed by atoms with van der Waals surface area (Å²) in [4.78, 5) is 8.99. The zero-order valence-electron chi connectivity index (χ0n) is 32.6. The first-order chi connectivity index (χ1) is 26.9. The summed E-state index contributed by atoms with van der Waals surface area (Å²) >= 11 is 0. The molecule has 0 spiro atoms. The molecule has 1 fully saturated rings. The third kappa shape index (κ3) is 10.9. The summed E-state index contributed by atoms with van der Waals surface area (Å²) in [5, 5.41) is 19.0. The van der Waals surface area contributed by atoms with E-state index in [1.807, 2.05) is 24.3 Å². The number of nitrogens with zero attached hydrogens (tertiary/aromatic N) is 4. The number of hydrogen-bond acceptors (Lipinski definition) is 8. The van der Waals surface area contributed by atoms with Crippen LogP contribution in [0, 0.1) is 32.1 Å². The van der Waals surface area contributed by atoms with Crippen molar-refractivity contribution in [2.75, 3.05) is 39.4 Å². The van der Waals surface area contributed by atoms with Crippen molar-refractivity contribution in [2.45, 2.75) is 72.8 Å². The largest absolute Gasteiger partial charge is 0.493 e. The molecule has 0 unspecified atom stereocenters. The van der Waals surface area contributed by atoms with Gasteiger partial charge in [0.1, 0.15) is 36.5 Å². The maximum Gasteiger partial charge on any atom is 0.128 e. The first-order valence-corrected chi connectivity index (χ1v) is 19.6. The van der Waals surface area contributed by atoms with E-state index in [-0.39, 0.29) is 6.61 Å². The van der Waals surface area contributed by atoms with E-state index in [4.69, 9.17) is 14.2 Å². The number of hydrogen-bond donors (Lipinski definition) is 1. The molecule has 0 aliphatic carbocycles. The Labute approximate surface area is 326 Å². The summed E-state index contributed by atoms with van der Waals surface area (Å²) < 4.78 is 19.4. The Morgan fingerprint density at radius 3 is 2.27 bits per heavy atom. The second-order valence-electron chi connectivity index (χ2n) is 14.5. The van der Waals surface area contributed by atoms with Crippen LogP contribution in [0.15, 0.2) is 97.3 Å². The number of likely N-dealkylation sites (tertiary alicyclic amines) is 1. The molecule has 6 rings (SSSR count). The molecule has 2 heterocycles. The highest BCUT2D eigenvalue weighted by Crippen LogP contribution is 2.35. The summed E-state index contributed by atoms with van der Waals surface area (Å²) in [5.41, 5.74) is 10.5. The van der Waals surface area contributed by atoms with Gasteiger partial charge in [0, 0.05) is 55.8 Å². The third-order valence-electron chi connectivity index (χ3n) is 10.5. The molecular formula is C47H54N4O4. The van der Waals surface area contributed by atoms with E-state index in [1.54, 1.807) is 12.4 Å². The molecule has 286 valence electrons. The molecule has 8 heteroatoms. The van der Waals surface area contributed by atoms with Crippen molar-refractivity contribution < 1.29 is 19.3 Å². The number of benzene rings is 4. The predicted molar refractivity (Wildman–Crippen MR) is 218 cm³/mol. The van der Waals surface area contributed by atoms with Crippen LogP contribution < -0.4 is 14.2 Å². The third-order valence-corrected chi connectivity index (χ3v) is 10.5. The van der Waals surface area contributed by atoms with Crippen LogP contribution in [0.3, 0.4) is 0 Å². The van der Waals surface area contributed by atoms with Crippen LogP contribution in [0.25, 0.3) is 11.1 Å². The summed E-state index contributed by atoms with van der Waals surface area (Å²) in [6, 6.07) is 31.3. The van der Waals surface area contributed by atoms with Gasteiger partial charge < -0.3 is 19.3 Å². The molecule has 1 aliphatic heterocycles. The Hall–Kier alpha value is -5.20. The number of piperidine rings is 1. The van der Waals surface area contributed by atoms with Crippen molar-refractivity contribution in [1.29, 1.82) is 5.26 Å². The molecule has 4 aromatic carbocycles. The summed E-state index contributed by atoms with van der Waals surface area (Å²) in [5.74, 6) is 2.47. The van der Waals surface area contributed by atoms with Crippen molar-refractivity contribution in [3.8, 4) is 34.4 Å². The highest BCUT2D eigenvalue weighted by Gasteiger charge is 2.18. The van der Waals surface area contributed by atoms with E-state index >= 15 is 0 Å². The quantitative estimate of drug-likeness (QED) is 0.0892. The molecule has 8 nitrogen and oxygen atoms in total. The van der Waals surface area contributed by atoms with Crippen LogP contribution in [0.4, 0.5) is 0 Å². The minimum atomic E-state index is 0.136. The molecule has 0 radical (unpaired) electrons. The number of ether oxygens (including phenoxy) is 3. The van der Waals surface area contributed by atoms with Gasteiger partial charge in [-0.25, -0.2) is 0 Å². The van der Waals surface area contributed by atoms with E-state index in [0.29, 0.717) is 31.9 Å². The average Bonchev–Trinajstić information content (AvgIpc) is 3.21. The molecule has 0 atom stereocenters. The Balaban J connectivity index is 1.13. The Morgan fingerprint density at radius 2 is 1.49 bits per heavy atom. The van der Waals surface area contributed by atoms with Gasteiger partial charge in [-0.2, -0.15) is 5.26 Å². The van der Waals surface area contributed by atoms with Crippen LogP contribution in [-0.2, 0) is 26.3 Å². The van der Waals surface area contributed by atoms with Gasteiger partial charge in [0.2, 0.25) is 0 Å². The van der Waals surface area contributed by atoms with Gasteiger partial charge in [0.15, 0.2) is 0 Å². The Kier molecular flexibility index (Phi) is 14.3. The number of aryl methyl sites for hydroxylation is 1. The second kappa shape index (κ2) is 19.9. The topological polar surface area (TPSA) is 91.1 Å². The molecule has 1 aliphatic rings. The zero-order valence-corrected chi connectivity index (χ0v) is 32.6. The molecule has 1 saturated heterocycles. The van der Waals surface area contributed by atoms with Gasteiger partial charge in [-0.1, -0.05) is 67.1 Å². The van der Waals surface area contributed by atoms with Gasteiger partial charge in [-0.15, -0.1) is 0 Å². The lowest BCUT2D eigenvalue weighted by molar-refractivity contribution is 0.177. The summed E-state index contributed by atoms with van der Waals surface area (Å²) in [6.07, 6.45) is 7.90. The normalized spacial score (nSPS) is 13.1. The van der Waals surface area contributed by atoms with Crippen molar-refractivity contribution in [3.63, 3.8) is 0 Å². The van der Waals surface area contributed by atoms with Crippen LogP contribution in [-0.4, -0.2) is 59.3 Å². The Bertz CT molecular complexity index is 2040. The van der Waals surface area contributed by atoms with Crippen LogP contribution >= 0.6 is 0 Å². The fourth-order valence-electron chi connectivity index (χ4n) is 7.36. The number of aliphatic hydroxyl groups excluding tert-OH is 1. The van der Waals surface area contributed by atoms with E-state index < -0.39 is 0 Å². The van der Waals surface area contributed by atoms with Gasteiger partial charge in [-0.05, 0) is 110 Å². The zero-order chi connectivity index (χ0) is 38.4. The molecule has 0 amide bonds. The average molecular weight is 739 g/mol. The first kappa shape index (κ1) is 39.5. The van der Waals surface area contributed by atoms with Gasteiger partial charge in [0.25, 0.3) is 0 Å². The molecule has 5 aromatic rings. The molecule has 1 N–H and O–H groups in total. The van der Waals surface area contributed by atoms with Crippen molar-refractivity contribution in [3.05, 3.63) is 142 Å². The smallest absolute Gasteiger partial charge is 0.128 e. The van der Waals surface area contributed by atoms with Crippen LogP contribution in [0.5, 0.6) is 17.2 Å². The van der Waals surface area contributed by atoms with E-state index in [9.17, 15) is 10.4 Å². The SMILES string of the molecule is Cc1cc(CN2CCCCC2)c(OCc2cncc(C#N)c2)cc1OCc1cccc(-c2cccc(OCCCN(CCO)Cc3ccccc3)c2C)c1C. The highest BCUT2D eigenvalue weighted by molar-refractivity contribution is 5.73. The van der Waals surface area contributed by atoms with Crippen LogP contribution in [0.1, 0.15) is 70.2 Å². The van der Waals surface area contributed by atoms with Gasteiger partial charge in [0.05, 0.1) is 18.8 Å². The fourth-order valence-corrected chi connectivity index (χ4v) is 7.36. The second-order valence-corrected chi connectivity index (χ2v) is 14.5. The number of rotatable bonds is 18. The summed E-state index contributed by atoms with van der Waals surface area (Å²) in [6.45, 7) is 13.2. The van der Waals surface area contributed by atoms with Crippen molar-refractivity contribution in [2.24, 2.45) is 0 Å². The van der Waals surface area contributed by atoms with E-state index in [1.165, 1.54) is 30.4 Å². The minimum absolute atomic E-state index is 0.136. The lowest BCUT2D eigenvalue weighted by Crippen LogP contribution is -2.29. The standard InChI is InChI=1S/C47H54N4O4/c1-35-25-42(32-50-19-8-5-9-20-50)47(54-33-40-26-39(28-48)29-49-30-40)27-46(35)55-34-41-15-10-16-43(36(41)2)44-17-11-18-45(37(44)3)53-24-12-21-51(22-23-52)31-38-13-6-4-7-14-38/h4,6-7,10-11,13-18,25-27,29-30,52H,5,8-9,12,19-24,31-34H2,1-3H3. The lowest BCUT2D eigenvalue weighted by Gasteiger charge is -2.27. The minimum Gasteiger partial charge on any atom is -0.493 e. The predicted octanol–water partition coefficient (Wildman–Crippen LogP) is 8.95. The molecule has 0 saturated carbocycles. The maximum atomic E-state index is 9.61. The van der Waals surface area contributed by atoms with Crippen molar-refractivity contribution in [1.82, 2.24) is 14.8 Å². The molecule has 0 bridgehead atoms. The first-order valence-electron chi connectivity index (χ1n) is 19.6. The fraction of sp³-hybridized carbons (Fsp3) is 0.362. The number of aliphatic hydroxyl groups is 1. The van der Waals surface area contributed by atoms with E-state index in [2.05, 4.69) is 102 Å². The van der Waals surface area contributed by atoms with Gasteiger partial charge >= 0.3 is 0 Å². The number of nitriles is 1. The maximum absolute atomic E-state index is 9.61. The highest BCUT2D eigenvalue weighted by atomic mass is 16.5. The number of aromatic nitrogens is 1. The Morgan fingerprint density at radius 1 is 0.727 bits per heavy atom. The van der Waals surface area contributed by atoms with Crippen LogP contribution in [0.2, 0.25) is 0 Å². The summed E-state index contributed by atoms with van der Waals surface area (Å²) in [7, 11) is 0. The van der Waals surface area contributed by atoms with Crippen molar-refractivity contribution >= 4 is 0 Å². The molecule has 55 heavy (non-hydrogen) atoms. The molecule has 1 aromatic heterocycles.